The van der Waals surface area contributed by atoms with E-state index in [0.717, 1.165) is 37.1 Å². The standard InChI is InChI=1S/C22H28N2O3/c1-15(2)16-9-11-19(12-10-16)24-22(26)18-7-5-17(6-8-18)21(25)23-14-20-4-3-13-27-20/h3-4,9-13,15,17-18H,5-8,14H2,1-2H3,(H,23,25)(H,24,26). The molecule has 0 spiro atoms. The maximum atomic E-state index is 12.5. The van der Waals surface area contributed by atoms with Crippen LogP contribution in [-0.2, 0) is 16.1 Å². The van der Waals surface area contributed by atoms with Crippen molar-refractivity contribution in [3.05, 3.63) is 54.0 Å². The molecule has 2 amide bonds. The lowest BCUT2D eigenvalue weighted by Gasteiger charge is -2.27. The predicted molar refractivity (Wildman–Crippen MR) is 105 cm³/mol. The molecule has 5 heteroatoms. The molecule has 27 heavy (non-hydrogen) atoms. The van der Waals surface area contributed by atoms with Gasteiger partial charge in [-0.3, -0.25) is 9.59 Å². The molecule has 0 saturated heterocycles. The zero-order valence-electron chi connectivity index (χ0n) is 16.0. The molecule has 0 aliphatic heterocycles. The van der Waals surface area contributed by atoms with Crippen molar-refractivity contribution >= 4 is 17.5 Å². The highest BCUT2D eigenvalue weighted by molar-refractivity contribution is 5.92. The monoisotopic (exact) mass is 368 g/mol. The van der Waals surface area contributed by atoms with Crippen LogP contribution in [0.25, 0.3) is 0 Å². The van der Waals surface area contributed by atoms with Gasteiger partial charge in [-0.25, -0.2) is 0 Å². The Morgan fingerprint density at radius 1 is 1.00 bits per heavy atom. The van der Waals surface area contributed by atoms with Crippen LogP contribution in [0.15, 0.2) is 47.1 Å². The zero-order valence-corrected chi connectivity index (χ0v) is 16.0. The molecule has 0 radical (unpaired) electrons. The Morgan fingerprint density at radius 3 is 2.19 bits per heavy atom. The molecule has 2 aromatic rings. The summed E-state index contributed by atoms with van der Waals surface area (Å²) in [7, 11) is 0. The van der Waals surface area contributed by atoms with Gasteiger partial charge in [-0.1, -0.05) is 26.0 Å². The van der Waals surface area contributed by atoms with Gasteiger partial charge in [0.15, 0.2) is 0 Å². The van der Waals surface area contributed by atoms with E-state index < -0.39 is 0 Å². The number of anilines is 1. The van der Waals surface area contributed by atoms with Crippen molar-refractivity contribution in [2.75, 3.05) is 5.32 Å². The summed E-state index contributed by atoms with van der Waals surface area (Å²) in [6, 6.07) is 11.7. The van der Waals surface area contributed by atoms with Gasteiger partial charge in [0.2, 0.25) is 11.8 Å². The quantitative estimate of drug-likeness (QED) is 0.790. The Hall–Kier alpha value is -2.56. The second-order valence-corrected chi connectivity index (χ2v) is 7.61. The first kappa shape index (κ1) is 19.2. The highest BCUT2D eigenvalue weighted by Crippen LogP contribution is 2.30. The molecule has 0 unspecified atom stereocenters. The number of carbonyl (C=O) groups is 2. The van der Waals surface area contributed by atoms with Crippen molar-refractivity contribution in [3.63, 3.8) is 0 Å². The molecule has 0 atom stereocenters. The number of rotatable bonds is 6. The van der Waals surface area contributed by atoms with Crippen molar-refractivity contribution in [2.45, 2.75) is 52.0 Å². The highest BCUT2D eigenvalue weighted by Gasteiger charge is 2.29. The maximum Gasteiger partial charge on any atom is 0.227 e. The van der Waals surface area contributed by atoms with Crippen molar-refractivity contribution in [3.8, 4) is 0 Å². The largest absolute Gasteiger partial charge is 0.467 e. The summed E-state index contributed by atoms with van der Waals surface area (Å²) >= 11 is 0. The smallest absolute Gasteiger partial charge is 0.227 e. The van der Waals surface area contributed by atoms with E-state index in [9.17, 15) is 9.59 Å². The number of benzene rings is 1. The number of nitrogens with one attached hydrogen (secondary N) is 2. The van der Waals surface area contributed by atoms with E-state index >= 15 is 0 Å². The Bertz CT molecular complexity index is 742. The van der Waals surface area contributed by atoms with Crippen LogP contribution in [0.1, 0.15) is 56.8 Å². The van der Waals surface area contributed by atoms with Gasteiger partial charge in [0.05, 0.1) is 12.8 Å². The number of amides is 2. The van der Waals surface area contributed by atoms with E-state index in [-0.39, 0.29) is 23.7 Å². The summed E-state index contributed by atoms with van der Waals surface area (Å²) in [6.07, 6.45) is 4.58. The molecule has 1 fully saturated rings. The molecule has 1 aromatic carbocycles. The number of carbonyl (C=O) groups excluding carboxylic acids is 2. The zero-order chi connectivity index (χ0) is 19.2. The lowest BCUT2D eigenvalue weighted by Crippen LogP contribution is -2.35. The summed E-state index contributed by atoms with van der Waals surface area (Å²) in [6.45, 7) is 4.71. The molecular formula is C22H28N2O3. The topological polar surface area (TPSA) is 71.3 Å². The molecule has 5 nitrogen and oxygen atoms in total. The Kier molecular flexibility index (Phi) is 6.32. The lowest BCUT2D eigenvalue weighted by molar-refractivity contribution is -0.128. The summed E-state index contributed by atoms with van der Waals surface area (Å²) < 4.78 is 5.23. The second-order valence-electron chi connectivity index (χ2n) is 7.61. The molecule has 0 bridgehead atoms. The van der Waals surface area contributed by atoms with E-state index in [2.05, 4.69) is 36.6 Å². The first-order chi connectivity index (χ1) is 13.0. The summed E-state index contributed by atoms with van der Waals surface area (Å²) in [4.78, 5) is 24.8. The van der Waals surface area contributed by atoms with Crippen LogP contribution in [0.4, 0.5) is 5.69 Å². The van der Waals surface area contributed by atoms with E-state index in [1.165, 1.54) is 5.56 Å². The fraction of sp³-hybridized carbons (Fsp3) is 0.455. The van der Waals surface area contributed by atoms with Crippen LogP contribution in [0.3, 0.4) is 0 Å². The van der Waals surface area contributed by atoms with Gasteiger partial charge < -0.3 is 15.1 Å². The molecule has 1 heterocycles. The van der Waals surface area contributed by atoms with Crippen LogP contribution >= 0.6 is 0 Å². The van der Waals surface area contributed by atoms with E-state index in [4.69, 9.17) is 4.42 Å². The fourth-order valence-electron chi connectivity index (χ4n) is 3.55. The van der Waals surface area contributed by atoms with E-state index in [0.29, 0.717) is 12.5 Å². The van der Waals surface area contributed by atoms with Gasteiger partial charge in [0, 0.05) is 17.5 Å². The van der Waals surface area contributed by atoms with Crippen molar-refractivity contribution in [1.29, 1.82) is 0 Å². The molecule has 1 aliphatic rings. The van der Waals surface area contributed by atoms with Crippen LogP contribution in [0.5, 0.6) is 0 Å². The minimum atomic E-state index is -0.0242. The van der Waals surface area contributed by atoms with Crippen LogP contribution in [-0.4, -0.2) is 11.8 Å². The first-order valence-corrected chi connectivity index (χ1v) is 9.74. The van der Waals surface area contributed by atoms with Crippen LogP contribution in [0.2, 0.25) is 0 Å². The summed E-state index contributed by atoms with van der Waals surface area (Å²) in [5.41, 5.74) is 2.09. The number of hydrogen-bond acceptors (Lipinski definition) is 3. The maximum absolute atomic E-state index is 12.5. The molecule has 1 aromatic heterocycles. The van der Waals surface area contributed by atoms with Crippen molar-refractivity contribution in [1.82, 2.24) is 5.32 Å². The Morgan fingerprint density at radius 2 is 1.63 bits per heavy atom. The molecule has 1 aliphatic carbocycles. The van der Waals surface area contributed by atoms with Gasteiger partial charge in [0.25, 0.3) is 0 Å². The fourth-order valence-corrected chi connectivity index (χ4v) is 3.55. The van der Waals surface area contributed by atoms with Gasteiger partial charge >= 0.3 is 0 Å². The second kappa shape index (κ2) is 8.89. The van der Waals surface area contributed by atoms with Gasteiger partial charge in [0.1, 0.15) is 5.76 Å². The average Bonchev–Trinajstić information content (AvgIpc) is 3.20. The van der Waals surface area contributed by atoms with Crippen LogP contribution in [0, 0.1) is 11.8 Å². The first-order valence-electron chi connectivity index (χ1n) is 9.74. The minimum Gasteiger partial charge on any atom is -0.467 e. The average molecular weight is 368 g/mol. The van der Waals surface area contributed by atoms with Gasteiger partial charge in [-0.15, -0.1) is 0 Å². The minimum absolute atomic E-state index is 0.0191. The third-order valence-corrected chi connectivity index (χ3v) is 5.33. The van der Waals surface area contributed by atoms with Crippen molar-refractivity contribution < 1.29 is 14.0 Å². The SMILES string of the molecule is CC(C)c1ccc(NC(=O)C2CCC(C(=O)NCc3ccco3)CC2)cc1. The molecule has 3 rings (SSSR count). The summed E-state index contributed by atoms with van der Waals surface area (Å²) in [5, 5.41) is 5.93. The van der Waals surface area contributed by atoms with Gasteiger partial charge in [-0.05, 0) is 61.4 Å². The third-order valence-electron chi connectivity index (χ3n) is 5.33. The summed E-state index contributed by atoms with van der Waals surface area (Å²) in [5.74, 6) is 1.29. The predicted octanol–water partition coefficient (Wildman–Crippen LogP) is 4.46. The molecule has 1 saturated carbocycles. The lowest BCUT2D eigenvalue weighted by atomic mass is 9.81. The van der Waals surface area contributed by atoms with Gasteiger partial charge in [-0.2, -0.15) is 0 Å². The van der Waals surface area contributed by atoms with E-state index in [1.54, 1.807) is 6.26 Å². The third kappa shape index (κ3) is 5.22. The normalized spacial score (nSPS) is 19.7. The Labute approximate surface area is 160 Å². The number of furan rings is 1. The van der Waals surface area contributed by atoms with Crippen molar-refractivity contribution in [2.24, 2.45) is 11.8 Å². The molecule has 144 valence electrons. The molecule has 2 N–H and O–H groups in total. The molecular weight excluding hydrogens is 340 g/mol. The number of hydrogen-bond donors (Lipinski definition) is 2. The Balaban J connectivity index is 1.44. The van der Waals surface area contributed by atoms with Crippen LogP contribution < -0.4 is 10.6 Å². The highest BCUT2D eigenvalue weighted by atomic mass is 16.3. The van der Waals surface area contributed by atoms with E-state index in [1.807, 2.05) is 24.3 Å².